The van der Waals surface area contributed by atoms with Gasteiger partial charge in [-0.1, -0.05) is 11.2 Å². The second-order valence-electron chi connectivity index (χ2n) is 4.99. The average Bonchev–Trinajstić information content (AvgIpc) is 2.59. The first-order valence-electron chi connectivity index (χ1n) is 9.62. The molecule has 0 N–H and O–H groups in total. The van der Waals surface area contributed by atoms with Gasteiger partial charge in [0, 0.05) is 57.2 Å². The van der Waals surface area contributed by atoms with Crippen molar-refractivity contribution in [1.29, 1.82) is 0 Å². The Morgan fingerprint density at radius 1 is 0.538 bits per heavy atom. The van der Waals surface area contributed by atoms with E-state index in [9.17, 15) is 0 Å². The van der Waals surface area contributed by atoms with Crippen molar-refractivity contribution in [1.82, 2.24) is 0 Å². The molecule has 0 amide bonds. The molecule has 0 aromatic carbocycles. The summed E-state index contributed by atoms with van der Waals surface area (Å²) in [4.78, 5) is 0. The predicted molar refractivity (Wildman–Crippen MR) is 116 cm³/mol. The Labute approximate surface area is 170 Å². The van der Waals surface area contributed by atoms with E-state index in [1.54, 1.807) is 11.2 Å². The first-order valence-corrected chi connectivity index (χ1v) is 16.1. The van der Waals surface area contributed by atoms with Crippen molar-refractivity contribution in [3.05, 3.63) is 0 Å². The Morgan fingerprint density at radius 3 is 1.35 bits per heavy atom. The van der Waals surface area contributed by atoms with Crippen LogP contribution in [0.3, 0.4) is 0 Å². The molecule has 26 heavy (non-hydrogen) atoms. The number of hydrogen-bond acceptors (Lipinski definition) is 8. The van der Waals surface area contributed by atoms with Gasteiger partial charge in [-0.2, -0.15) is 11.8 Å². The predicted octanol–water partition coefficient (Wildman–Crippen LogP) is 4.05. The zero-order valence-electron chi connectivity index (χ0n) is 17.3. The molecule has 0 fully saturated rings. The summed E-state index contributed by atoms with van der Waals surface area (Å²) < 4.78 is 35.3. The average molecular weight is 447 g/mol. The van der Waals surface area contributed by atoms with Crippen LogP contribution in [0.15, 0.2) is 0 Å². The van der Waals surface area contributed by atoms with Crippen LogP contribution in [0.2, 0.25) is 6.04 Å². The van der Waals surface area contributed by atoms with Crippen LogP contribution in [0.1, 0.15) is 41.5 Å². The monoisotopic (exact) mass is 446 g/mol. The van der Waals surface area contributed by atoms with Crippen LogP contribution in [-0.2, 0) is 26.6 Å². The van der Waals surface area contributed by atoms with Gasteiger partial charge in [0.25, 0.3) is 0 Å². The van der Waals surface area contributed by atoms with Gasteiger partial charge in [-0.15, -0.1) is 0 Å². The fourth-order valence-corrected chi connectivity index (χ4v) is 12.0. The highest BCUT2D eigenvalue weighted by Crippen LogP contribution is 2.26. The Morgan fingerprint density at radius 2 is 0.962 bits per heavy atom. The van der Waals surface area contributed by atoms with Crippen LogP contribution in [0.4, 0.5) is 0 Å². The van der Waals surface area contributed by atoms with Crippen molar-refractivity contribution in [3.63, 3.8) is 0 Å². The first kappa shape index (κ1) is 26.9. The molecule has 0 aliphatic rings. The molecule has 10 heteroatoms. The van der Waals surface area contributed by atoms with E-state index in [1.165, 1.54) is 0 Å². The van der Waals surface area contributed by atoms with Crippen LogP contribution in [0.25, 0.3) is 0 Å². The normalized spacial score (nSPS) is 12.7. The molecule has 0 aliphatic heterocycles. The summed E-state index contributed by atoms with van der Waals surface area (Å²) in [5, 5.41) is 0. The summed E-state index contributed by atoms with van der Waals surface area (Å²) in [6.45, 7) is 15.6. The Hall–Kier alpha value is 0.894. The maximum Gasteiger partial charge on any atom is 0.573 e. The zero-order chi connectivity index (χ0) is 19.7. The quantitative estimate of drug-likeness (QED) is 0.218. The van der Waals surface area contributed by atoms with E-state index >= 15 is 0 Å². The van der Waals surface area contributed by atoms with Crippen LogP contribution < -0.4 is 0 Å². The molecular formula is C16H38O6S2Si2. The molecule has 0 rings (SSSR count). The molecular weight excluding hydrogens is 408 g/mol. The second-order valence-corrected chi connectivity index (χ2v) is 13.9. The Kier molecular flexibility index (Phi) is 17.4. The van der Waals surface area contributed by atoms with E-state index in [0.717, 1.165) is 23.3 Å². The molecule has 158 valence electrons. The fraction of sp³-hybridized carbons (Fsp3) is 1.00. The first-order chi connectivity index (χ1) is 12.6. The Bertz CT molecular complexity index is 265. The van der Waals surface area contributed by atoms with Gasteiger partial charge in [0.2, 0.25) is 0 Å². The van der Waals surface area contributed by atoms with Gasteiger partial charge in [-0.3, -0.25) is 0 Å². The van der Waals surface area contributed by atoms with Crippen molar-refractivity contribution < 1.29 is 26.6 Å². The van der Waals surface area contributed by atoms with E-state index in [1.807, 2.05) is 53.3 Å². The zero-order valence-corrected chi connectivity index (χ0v) is 21.0. The van der Waals surface area contributed by atoms with E-state index < -0.39 is 16.8 Å². The van der Waals surface area contributed by atoms with Gasteiger partial charge in [0.1, 0.15) is 0 Å². The molecule has 0 heterocycles. The third kappa shape index (κ3) is 11.0. The van der Waals surface area contributed by atoms with Crippen molar-refractivity contribution in [2.24, 2.45) is 0 Å². The van der Waals surface area contributed by atoms with E-state index in [0.29, 0.717) is 39.6 Å². The molecule has 0 saturated carbocycles. The SMILES string of the molecule is CCO[Si](CCSCCS[Si](OCC)(OCC)OCC)(OCC)OCC. The molecule has 6 nitrogen and oxygen atoms in total. The highest BCUT2D eigenvalue weighted by atomic mass is 32.4. The summed E-state index contributed by atoms with van der Waals surface area (Å²) in [5.41, 5.74) is 0. The van der Waals surface area contributed by atoms with Gasteiger partial charge in [-0.25, -0.2) is 0 Å². The lowest BCUT2D eigenvalue weighted by molar-refractivity contribution is 0.0728. The van der Waals surface area contributed by atoms with Crippen LogP contribution >= 0.6 is 23.0 Å². The minimum Gasteiger partial charge on any atom is -0.374 e. The molecule has 0 saturated heterocycles. The summed E-state index contributed by atoms with van der Waals surface area (Å²) in [6, 6.07) is 0.836. The lowest BCUT2D eigenvalue weighted by Crippen LogP contribution is -2.46. The third-order valence-electron chi connectivity index (χ3n) is 3.12. The number of rotatable bonds is 19. The summed E-state index contributed by atoms with van der Waals surface area (Å²) in [6.07, 6.45) is 0. The molecule has 0 atom stereocenters. The smallest absolute Gasteiger partial charge is 0.374 e. The van der Waals surface area contributed by atoms with Gasteiger partial charge in [0.15, 0.2) is 0 Å². The second kappa shape index (κ2) is 16.8. The summed E-state index contributed by atoms with van der Waals surface area (Å²) >= 11 is 3.58. The van der Waals surface area contributed by atoms with Crippen LogP contribution in [0, 0.1) is 0 Å². The highest BCUT2D eigenvalue weighted by molar-refractivity contribution is 8.26. The maximum absolute atomic E-state index is 5.89. The highest BCUT2D eigenvalue weighted by Gasteiger charge is 2.42. The van der Waals surface area contributed by atoms with E-state index in [4.69, 9.17) is 26.6 Å². The molecule has 0 spiro atoms. The van der Waals surface area contributed by atoms with Crippen molar-refractivity contribution in [2.75, 3.05) is 56.9 Å². The van der Waals surface area contributed by atoms with Crippen molar-refractivity contribution >= 4 is 39.7 Å². The lowest BCUT2D eigenvalue weighted by atomic mass is 10.9. The van der Waals surface area contributed by atoms with E-state index in [2.05, 4.69) is 0 Å². The standard InChI is InChI=1S/C16H38O6S2Si2/c1-7-17-25(18-8-2,19-9-3)16-15-23-13-14-24-26(20-10-4,21-11-5)22-12-6/h7-16H2,1-6H3. The minimum absolute atomic E-state index is 0.609. The van der Waals surface area contributed by atoms with E-state index in [-0.39, 0.29) is 0 Å². The third-order valence-corrected chi connectivity index (χ3v) is 13.2. The largest absolute Gasteiger partial charge is 0.573 e. The molecule has 0 radical (unpaired) electrons. The van der Waals surface area contributed by atoms with Crippen molar-refractivity contribution in [2.45, 2.75) is 47.6 Å². The molecule has 0 aliphatic carbocycles. The summed E-state index contributed by atoms with van der Waals surface area (Å²) in [5.74, 6) is 2.89. The van der Waals surface area contributed by atoms with Gasteiger partial charge in [-0.05, 0) is 47.3 Å². The number of hydrogen-bond donors (Lipinski definition) is 0. The van der Waals surface area contributed by atoms with Gasteiger partial charge < -0.3 is 26.6 Å². The van der Waals surface area contributed by atoms with Crippen molar-refractivity contribution in [3.8, 4) is 0 Å². The lowest BCUT2D eigenvalue weighted by Gasteiger charge is -2.28. The molecule has 0 bridgehead atoms. The minimum atomic E-state index is -2.59. The summed E-state index contributed by atoms with van der Waals surface area (Å²) in [7, 11) is -5.12. The maximum atomic E-state index is 5.89. The molecule has 0 unspecified atom stereocenters. The topological polar surface area (TPSA) is 55.4 Å². The fourth-order valence-electron chi connectivity index (χ4n) is 2.31. The number of thioether (sulfide) groups is 1. The molecule has 0 aromatic rings. The van der Waals surface area contributed by atoms with Gasteiger partial charge >= 0.3 is 16.8 Å². The molecule has 0 aromatic heterocycles. The van der Waals surface area contributed by atoms with Crippen LogP contribution in [0.5, 0.6) is 0 Å². The Balaban J connectivity index is 4.35. The van der Waals surface area contributed by atoms with Gasteiger partial charge in [0.05, 0.1) is 0 Å². The van der Waals surface area contributed by atoms with Crippen LogP contribution in [-0.4, -0.2) is 73.7 Å².